The fourth-order valence-corrected chi connectivity index (χ4v) is 2.66. The van der Waals surface area contributed by atoms with E-state index in [0.29, 0.717) is 6.54 Å². The van der Waals surface area contributed by atoms with E-state index in [9.17, 15) is 4.79 Å². The first kappa shape index (κ1) is 19.4. The van der Waals surface area contributed by atoms with Crippen LogP contribution >= 0.6 is 0 Å². The van der Waals surface area contributed by atoms with Crippen molar-refractivity contribution in [3.63, 3.8) is 0 Å². The number of amides is 1. The average Bonchev–Trinajstić information content (AvgIpc) is 2.06. The molecule has 1 amide bonds. The van der Waals surface area contributed by atoms with Crippen molar-refractivity contribution in [1.29, 1.82) is 0 Å². The van der Waals surface area contributed by atoms with Crippen LogP contribution in [0.2, 0.25) is 0 Å². The van der Waals surface area contributed by atoms with Crippen LogP contribution in [0.25, 0.3) is 0 Å². The van der Waals surface area contributed by atoms with Crippen molar-refractivity contribution >= 4 is 5.91 Å². The largest absolute Gasteiger partial charge is 0.370 e. The van der Waals surface area contributed by atoms with Gasteiger partial charge < -0.3 is 10.1 Å². The summed E-state index contributed by atoms with van der Waals surface area (Å²) in [6.07, 6.45) is 0.891. The van der Waals surface area contributed by atoms with Gasteiger partial charge in [0.15, 0.2) is 0 Å². The van der Waals surface area contributed by atoms with E-state index in [1.54, 1.807) is 0 Å². The molecule has 0 aliphatic heterocycles. The molecule has 0 aliphatic carbocycles. The number of ether oxygens (including phenoxy) is 1. The Kier molecular flexibility index (Phi) is 5.87. The molecule has 0 unspecified atom stereocenters. The molecule has 0 spiro atoms. The van der Waals surface area contributed by atoms with E-state index in [1.165, 1.54) is 0 Å². The van der Waals surface area contributed by atoms with E-state index in [-0.39, 0.29) is 27.9 Å². The topological polar surface area (TPSA) is 38.3 Å². The summed E-state index contributed by atoms with van der Waals surface area (Å²) in [5.41, 5.74) is -0.717. The van der Waals surface area contributed by atoms with Crippen LogP contribution < -0.4 is 5.32 Å². The summed E-state index contributed by atoms with van der Waals surface area (Å²) in [5, 5.41) is 3.05. The van der Waals surface area contributed by atoms with Crippen molar-refractivity contribution < 1.29 is 9.53 Å². The van der Waals surface area contributed by atoms with Gasteiger partial charge in [-0.25, -0.2) is 0 Å². The molecule has 3 nitrogen and oxygen atoms in total. The molecule has 0 saturated heterocycles. The maximum absolute atomic E-state index is 12.0. The highest BCUT2D eigenvalue weighted by atomic mass is 16.5. The van der Waals surface area contributed by atoms with Crippen LogP contribution in [-0.2, 0) is 9.53 Å². The molecule has 0 bridgehead atoms. The fourth-order valence-electron chi connectivity index (χ4n) is 2.66. The molecule has 1 N–H and O–H groups in total. The summed E-state index contributed by atoms with van der Waals surface area (Å²) in [4.78, 5) is 12.0. The Morgan fingerprint density at radius 2 is 1.35 bits per heavy atom. The van der Waals surface area contributed by atoms with Gasteiger partial charge in [0.1, 0.15) is 0 Å². The van der Waals surface area contributed by atoms with Crippen LogP contribution in [0.1, 0.15) is 75.7 Å². The number of carbonyl (C=O) groups excluding carboxylic acids is 1. The van der Waals surface area contributed by atoms with Crippen LogP contribution in [-0.4, -0.2) is 23.7 Å². The lowest BCUT2D eigenvalue weighted by atomic mass is 9.81. The van der Waals surface area contributed by atoms with Crippen LogP contribution in [0.4, 0.5) is 0 Å². The van der Waals surface area contributed by atoms with Gasteiger partial charge in [0.25, 0.3) is 0 Å². The van der Waals surface area contributed by atoms with Crippen LogP contribution in [0.3, 0.4) is 0 Å². The second kappa shape index (κ2) is 6.05. The van der Waals surface area contributed by atoms with E-state index in [2.05, 4.69) is 53.8 Å². The first-order valence-electron chi connectivity index (χ1n) is 7.53. The SMILES string of the molecule is CC(C)(CNC(=O)C(C)(C)C)CC(C)(C)OC(C)(C)C. The molecule has 120 valence electrons. The van der Waals surface area contributed by atoms with Crippen molar-refractivity contribution in [2.45, 2.75) is 86.9 Å². The summed E-state index contributed by atoms with van der Waals surface area (Å²) in [6, 6.07) is 0. The number of hydrogen-bond donors (Lipinski definition) is 1. The Morgan fingerprint density at radius 1 is 0.900 bits per heavy atom. The second-order valence-electron chi connectivity index (χ2n) is 9.25. The third kappa shape index (κ3) is 8.57. The molecule has 0 atom stereocenters. The first-order chi connectivity index (χ1) is 8.54. The summed E-state index contributed by atoms with van der Waals surface area (Å²) in [6.45, 7) is 21.3. The van der Waals surface area contributed by atoms with E-state index in [1.807, 2.05) is 20.8 Å². The zero-order valence-corrected chi connectivity index (χ0v) is 15.2. The van der Waals surface area contributed by atoms with Crippen molar-refractivity contribution in [1.82, 2.24) is 5.32 Å². The lowest BCUT2D eigenvalue weighted by Crippen LogP contribution is -2.44. The molecule has 0 heterocycles. The van der Waals surface area contributed by atoms with E-state index in [0.717, 1.165) is 6.42 Å². The van der Waals surface area contributed by atoms with Crippen molar-refractivity contribution in [2.24, 2.45) is 10.8 Å². The fraction of sp³-hybridized carbons (Fsp3) is 0.941. The highest BCUT2D eigenvalue weighted by Gasteiger charge is 2.33. The van der Waals surface area contributed by atoms with Gasteiger partial charge in [-0.3, -0.25) is 4.79 Å². The van der Waals surface area contributed by atoms with Crippen molar-refractivity contribution in [3.8, 4) is 0 Å². The van der Waals surface area contributed by atoms with Gasteiger partial charge in [-0.15, -0.1) is 0 Å². The minimum atomic E-state index is -0.340. The Hall–Kier alpha value is -0.570. The number of nitrogens with one attached hydrogen (secondary N) is 1. The van der Waals surface area contributed by atoms with Gasteiger partial charge in [-0.1, -0.05) is 34.6 Å². The summed E-state index contributed by atoms with van der Waals surface area (Å²) in [7, 11) is 0. The molecule has 0 radical (unpaired) electrons. The summed E-state index contributed by atoms with van der Waals surface area (Å²) >= 11 is 0. The van der Waals surface area contributed by atoms with Crippen LogP contribution in [0.15, 0.2) is 0 Å². The molecule has 0 fully saturated rings. The van der Waals surface area contributed by atoms with Gasteiger partial charge in [-0.05, 0) is 46.5 Å². The smallest absolute Gasteiger partial charge is 0.225 e. The predicted octanol–water partition coefficient (Wildman–Crippen LogP) is 4.16. The van der Waals surface area contributed by atoms with Crippen molar-refractivity contribution in [2.75, 3.05) is 6.54 Å². The number of carbonyl (C=O) groups is 1. The second-order valence-corrected chi connectivity index (χ2v) is 9.25. The highest BCUT2D eigenvalue weighted by Crippen LogP contribution is 2.32. The van der Waals surface area contributed by atoms with Gasteiger partial charge in [0.05, 0.1) is 11.2 Å². The number of rotatable bonds is 5. The van der Waals surface area contributed by atoms with Gasteiger partial charge in [-0.2, -0.15) is 0 Å². The van der Waals surface area contributed by atoms with E-state index >= 15 is 0 Å². The zero-order chi connectivity index (χ0) is 16.4. The van der Waals surface area contributed by atoms with Gasteiger partial charge in [0.2, 0.25) is 5.91 Å². The molecule has 20 heavy (non-hydrogen) atoms. The Labute approximate surface area is 125 Å². The minimum Gasteiger partial charge on any atom is -0.370 e. The number of hydrogen-bond acceptors (Lipinski definition) is 2. The predicted molar refractivity (Wildman–Crippen MR) is 85.8 cm³/mol. The zero-order valence-electron chi connectivity index (χ0n) is 15.2. The first-order valence-corrected chi connectivity index (χ1v) is 7.53. The lowest BCUT2D eigenvalue weighted by molar-refractivity contribution is -0.134. The quantitative estimate of drug-likeness (QED) is 0.823. The van der Waals surface area contributed by atoms with Gasteiger partial charge in [0, 0.05) is 12.0 Å². The molecular formula is C17H35NO2. The molecular weight excluding hydrogens is 250 g/mol. The van der Waals surface area contributed by atoms with Crippen LogP contribution in [0.5, 0.6) is 0 Å². The Morgan fingerprint density at radius 3 is 1.70 bits per heavy atom. The molecule has 0 aromatic rings. The molecule has 0 aromatic carbocycles. The average molecular weight is 285 g/mol. The van der Waals surface area contributed by atoms with E-state index in [4.69, 9.17) is 4.74 Å². The normalized spacial score (nSPS) is 14.3. The highest BCUT2D eigenvalue weighted by molar-refractivity contribution is 5.81. The standard InChI is InChI=1S/C17H35NO2/c1-14(2,3)13(19)18-12-16(7,8)11-17(9,10)20-15(4,5)6/h11-12H2,1-10H3,(H,18,19). The third-order valence-corrected chi connectivity index (χ3v) is 2.90. The molecule has 0 saturated carbocycles. The maximum atomic E-state index is 12.0. The molecule has 0 rings (SSSR count). The monoisotopic (exact) mass is 285 g/mol. The Bertz CT molecular complexity index is 330. The molecule has 0 aromatic heterocycles. The third-order valence-electron chi connectivity index (χ3n) is 2.90. The minimum absolute atomic E-state index is 0.00431. The molecule has 3 heteroatoms. The lowest BCUT2D eigenvalue weighted by Gasteiger charge is -2.39. The van der Waals surface area contributed by atoms with Crippen LogP contribution in [0, 0.1) is 10.8 Å². The molecule has 0 aliphatic rings. The summed E-state index contributed by atoms with van der Waals surface area (Å²) in [5.74, 6) is 0.0973. The maximum Gasteiger partial charge on any atom is 0.225 e. The van der Waals surface area contributed by atoms with Crippen molar-refractivity contribution in [3.05, 3.63) is 0 Å². The summed E-state index contributed by atoms with van der Waals surface area (Å²) < 4.78 is 6.12. The van der Waals surface area contributed by atoms with E-state index < -0.39 is 0 Å². The van der Waals surface area contributed by atoms with Gasteiger partial charge >= 0.3 is 0 Å². The Balaban J connectivity index is 4.56.